The number of amides is 2. The van der Waals surface area contributed by atoms with Crippen LogP contribution in [0.4, 0.5) is 5.69 Å². The number of nitrogens with zero attached hydrogens (tertiary/aromatic N) is 1. The molecule has 22 heavy (non-hydrogen) atoms. The van der Waals surface area contributed by atoms with Crippen LogP contribution in [0.3, 0.4) is 0 Å². The summed E-state index contributed by atoms with van der Waals surface area (Å²) in [5.41, 5.74) is 3.25. The van der Waals surface area contributed by atoms with Crippen molar-refractivity contribution in [3.05, 3.63) is 64.1 Å². The van der Waals surface area contributed by atoms with Gasteiger partial charge in [-0.25, -0.2) is 5.43 Å². The summed E-state index contributed by atoms with van der Waals surface area (Å²) in [4.78, 5) is 23.3. The van der Waals surface area contributed by atoms with E-state index in [4.69, 9.17) is 23.2 Å². The van der Waals surface area contributed by atoms with Crippen molar-refractivity contribution in [1.29, 1.82) is 0 Å². The zero-order valence-electron chi connectivity index (χ0n) is 11.2. The van der Waals surface area contributed by atoms with Crippen LogP contribution >= 0.6 is 23.2 Å². The molecule has 0 atom stereocenters. The van der Waals surface area contributed by atoms with Crippen molar-refractivity contribution in [2.24, 2.45) is 5.10 Å². The van der Waals surface area contributed by atoms with E-state index in [-0.39, 0.29) is 0 Å². The quantitative estimate of drug-likeness (QED) is 0.514. The van der Waals surface area contributed by atoms with Gasteiger partial charge in [-0.1, -0.05) is 41.4 Å². The Kier molecular flexibility index (Phi) is 5.52. The first-order valence-corrected chi connectivity index (χ1v) is 6.96. The molecule has 0 aromatic heterocycles. The van der Waals surface area contributed by atoms with Crippen molar-refractivity contribution < 1.29 is 9.59 Å². The van der Waals surface area contributed by atoms with Crippen molar-refractivity contribution in [2.45, 2.75) is 0 Å². The smallest absolute Gasteiger partial charge is 0.318 e. The highest BCUT2D eigenvalue weighted by molar-refractivity contribution is 6.39. The van der Waals surface area contributed by atoms with Crippen LogP contribution < -0.4 is 10.7 Å². The molecule has 2 N–H and O–H groups in total. The van der Waals surface area contributed by atoms with Crippen LogP contribution in [0.25, 0.3) is 0 Å². The van der Waals surface area contributed by atoms with Gasteiger partial charge < -0.3 is 5.32 Å². The number of carbonyl (C=O) groups is 2. The topological polar surface area (TPSA) is 70.6 Å². The number of nitrogens with one attached hydrogen (secondary N) is 2. The summed E-state index contributed by atoms with van der Waals surface area (Å²) in [6.07, 6.45) is 1.39. The molecule has 2 aromatic rings. The van der Waals surface area contributed by atoms with E-state index in [0.29, 0.717) is 21.3 Å². The predicted octanol–water partition coefficient (Wildman–Crippen LogP) is 3.08. The van der Waals surface area contributed by atoms with Crippen molar-refractivity contribution in [2.75, 3.05) is 5.32 Å². The van der Waals surface area contributed by atoms with Gasteiger partial charge in [0.15, 0.2) is 0 Å². The molecule has 0 bridgehead atoms. The zero-order chi connectivity index (χ0) is 15.9. The maximum absolute atomic E-state index is 11.7. The van der Waals surface area contributed by atoms with E-state index in [9.17, 15) is 9.59 Å². The number of hydrogen-bond donors (Lipinski definition) is 2. The molecular formula is C15H11Cl2N3O2. The second-order valence-corrected chi connectivity index (χ2v) is 5.09. The number of anilines is 1. The minimum Gasteiger partial charge on any atom is -0.318 e. The molecule has 2 rings (SSSR count). The summed E-state index contributed by atoms with van der Waals surface area (Å²) in [6, 6.07) is 13.4. The Morgan fingerprint density at radius 1 is 0.955 bits per heavy atom. The van der Waals surface area contributed by atoms with E-state index < -0.39 is 11.8 Å². The average molecular weight is 336 g/mol. The first-order valence-electron chi connectivity index (χ1n) is 6.20. The molecule has 0 aliphatic carbocycles. The molecule has 0 saturated carbocycles. The normalized spacial score (nSPS) is 10.5. The number of rotatable bonds is 3. The molecule has 0 aliphatic rings. The van der Waals surface area contributed by atoms with Crippen LogP contribution in [0.2, 0.25) is 10.0 Å². The number of carbonyl (C=O) groups excluding carboxylic acids is 2. The number of halogens is 2. The van der Waals surface area contributed by atoms with Gasteiger partial charge in [0, 0.05) is 15.7 Å². The maximum Gasteiger partial charge on any atom is 0.329 e. The lowest BCUT2D eigenvalue weighted by Crippen LogP contribution is -2.32. The van der Waals surface area contributed by atoms with Crippen molar-refractivity contribution >= 4 is 46.9 Å². The standard InChI is InChI=1S/C15H11Cl2N3O2/c16-11-4-1-3-10(7-11)9-18-20-15(22)14(21)19-13-6-2-5-12(17)8-13/h1-9H,(H,19,21)(H,20,22)/b18-9-. The molecule has 112 valence electrons. The lowest BCUT2D eigenvalue weighted by Gasteiger charge is -2.04. The van der Waals surface area contributed by atoms with Gasteiger partial charge in [-0.05, 0) is 35.9 Å². The Hall–Kier alpha value is -2.37. The van der Waals surface area contributed by atoms with Gasteiger partial charge >= 0.3 is 11.8 Å². The largest absolute Gasteiger partial charge is 0.329 e. The summed E-state index contributed by atoms with van der Waals surface area (Å²) in [5.74, 6) is -1.73. The summed E-state index contributed by atoms with van der Waals surface area (Å²) in [6.45, 7) is 0. The predicted molar refractivity (Wildman–Crippen MR) is 87.3 cm³/mol. The van der Waals surface area contributed by atoms with Gasteiger partial charge in [-0.2, -0.15) is 5.10 Å². The van der Waals surface area contributed by atoms with E-state index in [1.54, 1.807) is 42.5 Å². The zero-order valence-corrected chi connectivity index (χ0v) is 12.7. The van der Waals surface area contributed by atoms with Gasteiger partial charge in [0.25, 0.3) is 0 Å². The number of benzene rings is 2. The van der Waals surface area contributed by atoms with Crippen LogP contribution in [-0.4, -0.2) is 18.0 Å². The lowest BCUT2D eigenvalue weighted by atomic mass is 10.2. The summed E-state index contributed by atoms with van der Waals surface area (Å²) in [5, 5.41) is 7.11. The Morgan fingerprint density at radius 3 is 2.32 bits per heavy atom. The molecular weight excluding hydrogens is 325 g/mol. The lowest BCUT2D eigenvalue weighted by molar-refractivity contribution is -0.136. The third-order valence-corrected chi connectivity index (χ3v) is 2.99. The van der Waals surface area contributed by atoms with E-state index >= 15 is 0 Å². The molecule has 7 heteroatoms. The van der Waals surface area contributed by atoms with Gasteiger partial charge in [0.1, 0.15) is 0 Å². The van der Waals surface area contributed by atoms with Gasteiger partial charge in [-0.15, -0.1) is 0 Å². The third kappa shape index (κ3) is 4.87. The van der Waals surface area contributed by atoms with Crippen LogP contribution in [0.1, 0.15) is 5.56 Å². The Bertz CT molecular complexity index is 732. The first-order chi connectivity index (χ1) is 10.5. The molecule has 2 aromatic carbocycles. The fraction of sp³-hybridized carbons (Fsp3) is 0. The van der Waals surface area contributed by atoms with Crippen molar-refractivity contribution in [1.82, 2.24) is 5.43 Å². The highest BCUT2D eigenvalue weighted by Gasteiger charge is 2.12. The number of hydrogen-bond acceptors (Lipinski definition) is 3. The minimum atomic E-state index is -0.891. The second kappa shape index (κ2) is 7.59. The molecule has 0 fully saturated rings. The van der Waals surface area contributed by atoms with Crippen LogP contribution in [0.15, 0.2) is 53.6 Å². The highest BCUT2D eigenvalue weighted by atomic mass is 35.5. The van der Waals surface area contributed by atoms with E-state index in [2.05, 4.69) is 15.8 Å². The van der Waals surface area contributed by atoms with Crippen molar-refractivity contribution in [3.8, 4) is 0 Å². The SMILES string of the molecule is O=C(N/N=C\c1cccc(Cl)c1)C(=O)Nc1cccc(Cl)c1. The number of hydrazone groups is 1. The Balaban J connectivity index is 1.90. The second-order valence-electron chi connectivity index (χ2n) is 4.22. The average Bonchev–Trinajstić information content (AvgIpc) is 2.47. The van der Waals surface area contributed by atoms with E-state index in [0.717, 1.165) is 0 Å². The molecule has 2 amide bonds. The summed E-state index contributed by atoms with van der Waals surface area (Å²) in [7, 11) is 0. The first kappa shape index (κ1) is 16.0. The van der Waals surface area contributed by atoms with Gasteiger partial charge in [0.05, 0.1) is 6.21 Å². The molecule has 5 nitrogen and oxygen atoms in total. The summed E-state index contributed by atoms with van der Waals surface area (Å²) >= 11 is 11.6. The molecule has 0 heterocycles. The maximum atomic E-state index is 11.7. The van der Waals surface area contributed by atoms with Crippen LogP contribution in [-0.2, 0) is 9.59 Å². The van der Waals surface area contributed by atoms with E-state index in [1.807, 2.05) is 0 Å². The highest BCUT2D eigenvalue weighted by Crippen LogP contribution is 2.14. The fourth-order valence-corrected chi connectivity index (χ4v) is 1.95. The van der Waals surface area contributed by atoms with Crippen LogP contribution in [0.5, 0.6) is 0 Å². The van der Waals surface area contributed by atoms with Gasteiger partial charge in [0.2, 0.25) is 0 Å². The van der Waals surface area contributed by atoms with Crippen LogP contribution in [0, 0.1) is 0 Å². The Labute approximate surface area is 136 Å². The monoisotopic (exact) mass is 335 g/mol. The third-order valence-electron chi connectivity index (χ3n) is 2.52. The molecule has 0 radical (unpaired) electrons. The fourth-order valence-electron chi connectivity index (χ4n) is 1.56. The summed E-state index contributed by atoms with van der Waals surface area (Å²) < 4.78 is 0. The Morgan fingerprint density at radius 2 is 1.64 bits per heavy atom. The minimum absolute atomic E-state index is 0.423. The molecule has 0 spiro atoms. The van der Waals surface area contributed by atoms with E-state index in [1.165, 1.54) is 12.3 Å². The van der Waals surface area contributed by atoms with Gasteiger partial charge in [-0.3, -0.25) is 9.59 Å². The molecule has 0 unspecified atom stereocenters. The molecule has 0 aliphatic heterocycles. The molecule has 0 saturated heterocycles. The van der Waals surface area contributed by atoms with Crippen molar-refractivity contribution in [3.63, 3.8) is 0 Å².